The molecule has 0 amide bonds. The Morgan fingerprint density at radius 1 is 1.47 bits per heavy atom. The maximum absolute atomic E-state index is 11.9. The van der Waals surface area contributed by atoms with Gasteiger partial charge in [-0.2, -0.15) is 0 Å². The van der Waals surface area contributed by atoms with E-state index in [4.69, 9.17) is 4.74 Å². The summed E-state index contributed by atoms with van der Waals surface area (Å²) in [5.41, 5.74) is 0. The Morgan fingerprint density at radius 2 is 2.21 bits per heavy atom. The van der Waals surface area contributed by atoms with Crippen LogP contribution in [0.5, 0.6) is 0 Å². The fraction of sp³-hybridized carbons (Fsp3) is 0.692. The van der Waals surface area contributed by atoms with Gasteiger partial charge in [-0.3, -0.25) is 5.32 Å². The average Bonchev–Trinajstić information content (AvgIpc) is 2.93. The summed E-state index contributed by atoms with van der Waals surface area (Å²) in [6, 6.07) is -0.449. The zero-order valence-electron chi connectivity index (χ0n) is 11.9. The molecule has 1 unspecified atom stereocenters. The van der Waals surface area contributed by atoms with Crippen molar-refractivity contribution in [1.82, 2.24) is 15.2 Å². The highest BCUT2D eigenvalue weighted by Crippen LogP contribution is 2.17. The highest BCUT2D eigenvalue weighted by atomic mass is 32.1. The van der Waals surface area contributed by atoms with Crippen LogP contribution in [0, 0.1) is 0 Å². The third-order valence-corrected chi connectivity index (χ3v) is 3.73. The first kappa shape index (κ1) is 16.1. The molecule has 19 heavy (non-hydrogen) atoms. The molecule has 0 aliphatic rings. The van der Waals surface area contributed by atoms with E-state index in [1.807, 2.05) is 12.3 Å². The maximum atomic E-state index is 11.9. The Bertz CT molecular complexity index is 353. The van der Waals surface area contributed by atoms with Gasteiger partial charge in [-0.1, -0.05) is 13.8 Å². The summed E-state index contributed by atoms with van der Waals surface area (Å²) in [6.07, 6.45) is 1.71. The van der Waals surface area contributed by atoms with Crippen molar-refractivity contribution in [3.8, 4) is 0 Å². The molecule has 0 saturated carbocycles. The lowest BCUT2D eigenvalue weighted by molar-refractivity contribution is -0.145. The highest BCUT2D eigenvalue weighted by Gasteiger charge is 2.23. The number of carbonyl (C=O) groups is 1. The van der Waals surface area contributed by atoms with E-state index in [-0.39, 0.29) is 5.97 Å². The normalized spacial score (nSPS) is 12.6. The van der Waals surface area contributed by atoms with Gasteiger partial charge in [-0.25, -0.2) is 9.78 Å². The molecule has 1 rings (SSSR count). The zero-order chi connectivity index (χ0) is 14.1. The number of likely N-dealkylation sites (N-methyl/N-ethyl adjacent to an activating group) is 1. The third-order valence-electron chi connectivity index (χ3n) is 2.89. The molecule has 6 heteroatoms. The van der Waals surface area contributed by atoms with Crippen LogP contribution >= 0.6 is 11.3 Å². The topological polar surface area (TPSA) is 54.5 Å². The van der Waals surface area contributed by atoms with Gasteiger partial charge >= 0.3 is 5.97 Å². The van der Waals surface area contributed by atoms with E-state index in [0.717, 1.165) is 31.2 Å². The monoisotopic (exact) mass is 285 g/mol. The molecule has 0 saturated heterocycles. The standard InChI is InChI=1S/C13H23N3O2S/c1-4-16(5-2)9-7-14-11(13(17)18-6-3)12-15-8-10-19-12/h8,10-11,14H,4-7,9H2,1-3H3. The van der Waals surface area contributed by atoms with Gasteiger partial charge in [-0.15, -0.1) is 11.3 Å². The largest absolute Gasteiger partial charge is 0.465 e. The third kappa shape index (κ3) is 5.26. The summed E-state index contributed by atoms with van der Waals surface area (Å²) in [7, 11) is 0. The number of nitrogens with one attached hydrogen (secondary N) is 1. The minimum absolute atomic E-state index is 0.253. The predicted molar refractivity (Wildman–Crippen MR) is 77.3 cm³/mol. The number of hydrogen-bond acceptors (Lipinski definition) is 6. The van der Waals surface area contributed by atoms with E-state index in [2.05, 4.69) is 29.0 Å². The molecule has 108 valence electrons. The minimum atomic E-state index is -0.449. The summed E-state index contributed by atoms with van der Waals surface area (Å²) in [6.45, 7) is 10.1. The number of hydrogen-bond donors (Lipinski definition) is 1. The molecule has 1 aromatic heterocycles. The lowest BCUT2D eigenvalue weighted by Crippen LogP contribution is -2.37. The summed E-state index contributed by atoms with van der Waals surface area (Å²) < 4.78 is 5.09. The van der Waals surface area contributed by atoms with Crippen LogP contribution in [-0.4, -0.2) is 48.6 Å². The fourth-order valence-corrected chi connectivity index (χ4v) is 2.48. The van der Waals surface area contributed by atoms with Crippen LogP contribution < -0.4 is 5.32 Å². The van der Waals surface area contributed by atoms with Gasteiger partial charge in [0.05, 0.1) is 6.61 Å². The number of ether oxygens (including phenoxy) is 1. The SMILES string of the molecule is CCOC(=O)C(NCCN(CC)CC)c1nccs1. The Morgan fingerprint density at radius 3 is 2.74 bits per heavy atom. The lowest BCUT2D eigenvalue weighted by Gasteiger charge is -2.20. The van der Waals surface area contributed by atoms with Gasteiger partial charge in [0.2, 0.25) is 0 Å². The first-order valence-corrected chi connectivity index (χ1v) is 7.62. The van der Waals surface area contributed by atoms with Crippen LogP contribution in [0.25, 0.3) is 0 Å². The lowest BCUT2D eigenvalue weighted by atomic mass is 10.3. The number of thiazole rings is 1. The Hall–Kier alpha value is -0.980. The number of esters is 1. The maximum Gasteiger partial charge on any atom is 0.330 e. The summed E-state index contributed by atoms with van der Waals surface area (Å²) in [5, 5.41) is 5.87. The van der Waals surface area contributed by atoms with Crippen LogP contribution in [0.3, 0.4) is 0 Å². The van der Waals surface area contributed by atoms with Gasteiger partial charge in [-0.05, 0) is 20.0 Å². The molecule has 0 aliphatic heterocycles. The molecule has 0 radical (unpaired) electrons. The van der Waals surface area contributed by atoms with E-state index >= 15 is 0 Å². The number of aromatic nitrogens is 1. The van der Waals surface area contributed by atoms with Gasteiger partial charge in [0.1, 0.15) is 5.01 Å². The van der Waals surface area contributed by atoms with Crippen LogP contribution in [-0.2, 0) is 9.53 Å². The quantitative estimate of drug-likeness (QED) is 0.700. The molecule has 0 bridgehead atoms. The Balaban J connectivity index is 2.53. The molecule has 0 spiro atoms. The first-order chi connectivity index (χ1) is 9.22. The van der Waals surface area contributed by atoms with Crippen LogP contribution in [0.1, 0.15) is 31.8 Å². The van der Waals surface area contributed by atoms with Crippen LogP contribution in [0.2, 0.25) is 0 Å². The second-order valence-corrected chi connectivity index (χ2v) is 4.96. The average molecular weight is 285 g/mol. The molecule has 1 aromatic rings. The second-order valence-electron chi connectivity index (χ2n) is 4.04. The van der Waals surface area contributed by atoms with Crippen molar-refractivity contribution < 1.29 is 9.53 Å². The van der Waals surface area contributed by atoms with Gasteiger partial charge < -0.3 is 9.64 Å². The second kappa shape index (κ2) is 9.01. The molecule has 0 aliphatic carbocycles. The molecule has 0 fully saturated rings. The van der Waals surface area contributed by atoms with Gasteiger partial charge in [0.25, 0.3) is 0 Å². The van der Waals surface area contributed by atoms with Crippen molar-refractivity contribution in [1.29, 1.82) is 0 Å². The van der Waals surface area contributed by atoms with Crippen molar-refractivity contribution in [3.05, 3.63) is 16.6 Å². The first-order valence-electron chi connectivity index (χ1n) is 6.74. The molecule has 0 aromatic carbocycles. The van der Waals surface area contributed by atoms with Crippen molar-refractivity contribution in [2.24, 2.45) is 0 Å². The fourth-order valence-electron chi connectivity index (χ4n) is 1.78. The Kier molecular flexibility index (Phi) is 7.62. The van der Waals surface area contributed by atoms with E-state index in [9.17, 15) is 4.79 Å². The van der Waals surface area contributed by atoms with Crippen molar-refractivity contribution >= 4 is 17.3 Å². The minimum Gasteiger partial charge on any atom is -0.465 e. The van der Waals surface area contributed by atoms with Gasteiger partial charge in [0, 0.05) is 24.7 Å². The molecule has 1 heterocycles. The van der Waals surface area contributed by atoms with Gasteiger partial charge in [0.15, 0.2) is 6.04 Å². The van der Waals surface area contributed by atoms with E-state index in [1.54, 1.807) is 6.20 Å². The molecule has 1 N–H and O–H groups in total. The van der Waals surface area contributed by atoms with Crippen molar-refractivity contribution in [2.75, 3.05) is 32.8 Å². The number of carbonyl (C=O) groups excluding carboxylic acids is 1. The molecular weight excluding hydrogens is 262 g/mol. The van der Waals surface area contributed by atoms with Crippen molar-refractivity contribution in [3.63, 3.8) is 0 Å². The smallest absolute Gasteiger partial charge is 0.330 e. The Labute approximate surface area is 119 Å². The highest BCUT2D eigenvalue weighted by molar-refractivity contribution is 7.09. The molecular formula is C13H23N3O2S. The zero-order valence-corrected chi connectivity index (χ0v) is 12.7. The van der Waals surface area contributed by atoms with E-state index in [0.29, 0.717) is 6.61 Å². The van der Waals surface area contributed by atoms with E-state index in [1.165, 1.54) is 11.3 Å². The predicted octanol–water partition coefficient (Wildman–Crippen LogP) is 1.68. The summed E-state index contributed by atoms with van der Waals surface area (Å²) in [5.74, 6) is -0.253. The number of rotatable bonds is 9. The van der Waals surface area contributed by atoms with Crippen LogP contribution in [0.15, 0.2) is 11.6 Å². The summed E-state index contributed by atoms with van der Waals surface area (Å²) in [4.78, 5) is 18.4. The van der Waals surface area contributed by atoms with Crippen molar-refractivity contribution in [2.45, 2.75) is 26.8 Å². The van der Waals surface area contributed by atoms with Crippen LogP contribution in [0.4, 0.5) is 0 Å². The molecule has 1 atom stereocenters. The molecule has 5 nitrogen and oxygen atoms in total. The number of nitrogens with zero attached hydrogens (tertiary/aromatic N) is 2. The summed E-state index contributed by atoms with van der Waals surface area (Å²) >= 11 is 1.47. The van der Waals surface area contributed by atoms with E-state index < -0.39 is 6.04 Å².